The van der Waals surface area contributed by atoms with Gasteiger partial charge in [0, 0.05) is 30.9 Å². The topological polar surface area (TPSA) is 85.8 Å². The Kier molecular flexibility index (Phi) is 7.71. The third kappa shape index (κ3) is 6.96. The van der Waals surface area contributed by atoms with E-state index in [0.717, 1.165) is 4.31 Å². The Hall–Kier alpha value is -2.60. The van der Waals surface area contributed by atoms with Gasteiger partial charge in [0.1, 0.15) is 16.2 Å². The highest BCUT2D eigenvalue weighted by molar-refractivity contribution is 7.89. The van der Waals surface area contributed by atoms with Crippen LogP contribution < -0.4 is 4.74 Å². The standard InChI is InChI=1S/C22H25ClN2O5S/c1-15-16(12-19(13-24-15)31(27,28)25(5)6)7-8-17-11-18(23)9-10-20(17)29-14-21(26)30-22(2,3)4/h9-13H,14H2,1-6H3. The third-order valence-electron chi connectivity index (χ3n) is 3.88. The van der Waals surface area contributed by atoms with E-state index in [1.807, 2.05) is 0 Å². The highest BCUT2D eigenvalue weighted by atomic mass is 35.5. The van der Waals surface area contributed by atoms with Gasteiger partial charge in [-0.1, -0.05) is 23.4 Å². The van der Waals surface area contributed by atoms with Crippen LogP contribution in [0.5, 0.6) is 5.75 Å². The van der Waals surface area contributed by atoms with Gasteiger partial charge in [0.15, 0.2) is 6.61 Å². The fourth-order valence-corrected chi connectivity index (χ4v) is 3.41. The summed E-state index contributed by atoms with van der Waals surface area (Å²) in [7, 11) is -0.751. The molecule has 0 N–H and O–H groups in total. The molecule has 0 saturated heterocycles. The molecule has 31 heavy (non-hydrogen) atoms. The largest absolute Gasteiger partial charge is 0.481 e. The molecule has 9 heteroatoms. The van der Waals surface area contributed by atoms with Crippen LogP contribution in [0, 0.1) is 18.8 Å². The Labute approximate surface area is 188 Å². The van der Waals surface area contributed by atoms with Crippen molar-refractivity contribution in [2.24, 2.45) is 0 Å². The summed E-state index contributed by atoms with van der Waals surface area (Å²) >= 11 is 6.09. The molecule has 0 bridgehead atoms. The number of sulfonamides is 1. The van der Waals surface area contributed by atoms with Crippen LogP contribution in [0.3, 0.4) is 0 Å². The predicted molar refractivity (Wildman–Crippen MR) is 119 cm³/mol. The molecule has 0 atom stereocenters. The number of aromatic nitrogens is 1. The Bertz CT molecular complexity index is 1140. The summed E-state index contributed by atoms with van der Waals surface area (Å²) < 4.78 is 36.7. The summed E-state index contributed by atoms with van der Waals surface area (Å²) in [6, 6.07) is 6.29. The lowest BCUT2D eigenvalue weighted by atomic mass is 10.1. The minimum absolute atomic E-state index is 0.0416. The monoisotopic (exact) mass is 464 g/mol. The maximum absolute atomic E-state index is 12.4. The van der Waals surface area contributed by atoms with Gasteiger partial charge < -0.3 is 9.47 Å². The number of pyridine rings is 1. The molecular formula is C22H25ClN2O5S. The third-order valence-corrected chi connectivity index (χ3v) is 5.89. The van der Waals surface area contributed by atoms with Crippen LogP contribution >= 0.6 is 11.6 Å². The zero-order chi connectivity index (χ0) is 23.4. The van der Waals surface area contributed by atoms with E-state index >= 15 is 0 Å². The lowest BCUT2D eigenvalue weighted by Crippen LogP contribution is -2.27. The molecule has 0 aliphatic carbocycles. The van der Waals surface area contributed by atoms with Gasteiger partial charge in [-0.15, -0.1) is 0 Å². The maximum atomic E-state index is 12.4. The molecule has 2 aromatic rings. The predicted octanol–water partition coefficient (Wildman–Crippen LogP) is 3.41. The van der Waals surface area contributed by atoms with Crippen molar-refractivity contribution >= 4 is 27.6 Å². The number of rotatable bonds is 5. The molecule has 166 valence electrons. The first-order chi connectivity index (χ1) is 14.3. The van der Waals surface area contributed by atoms with Crippen molar-refractivity contribution in [2.45, 2.75) is 38.2 Å². The molecule has 2 rings (SSSR count). The van der Waals surface area contributed by atoms with Gasteiger partial charge in [-0.2, -0.15) is 0 Å². The second-order valence-corrected chi connectivity index (χ2v) is 10.4. The Morgan fingerprint density at radius 2 is 1.81 bits per heavy atom. The SMILES string of the molecule is Cc1ncc(S(=O)(=O)N(C)C)cc1C#Cc1cc(Cl)ccc1OCC(=O)OC(C)(C)C. The zero-order valence-electron chi connectivity index (χ0n) is 18.3. The van der Waals surface area contributed by atoms with E-state index < -0.39 is 21.6 Å². The molecule has 0 aliphatic rings. The molecule has 0 spiro atoms. The van der Waals surface area contributed by atoms with Crippen LogP contribution in [-0.2, 0) is 19.6 Å². The number of hydrogen-bond donors (Lipinski definition) is 0. The van der Waals surface area contributed by atoms with E-state index in [-0.39, 0.29) is 11.5 Å². The van der Waals surface area contributed by atoms with Crippen LogP contribution in [-0.4, -0.2) is 50.0 Å². The van der Waals surface area contributed by atoms with Crippen molar-refractivity contribution in [3.63, 3.8) is 0 Å². The normalized spacial score (nSPS) is 11.6. The zero-order valence-corrected chi connectivity index (χ0v) is 19.9. The fraction of sp³-hybridized carbons (Fsp3) is 0.364. The first kappa shape index (κ1) is 24.7. The molecule has 0 aliphatic heterocycles. The van der Waals surface area contributed by atoms with Crippen molar-refractivity contribution in [3.8, 4) is 17.6 Å². The summed E-state index contributed by atoms with van der Waals surface area (Å²) in [6.45, 7) is 6.75. The first-order valence-electron chi connectivity index (χ1n) is 9.35. The molecule has 0 radical (unpaired) electrons. The molecule has 0 saturated carbocycles. The second-order valence-electron chi connectivity index (χ2n) is 7.86. The van der Waals surface area contributed by atoms with Gasteiger partial charge in [0.05, 0.1) is 11.3 Å². The van der Waals surface area contributed by atoms with E-state index in [9.17, 15) is 13.2 Å². The van der Waals surface area contributed by atoms with Gasteiger partial charge in [0.2, 0.25) is 10.0 Å². The number of carbonyl (C=O) groups excluding carboxylic acids is 1. The Morgan fingerprint density at radius 1 is 1.16 bits per heavy atom. The summed E-state index contributed by atoms with van der Waals surface area (Å²) in [4.78, 5) is 16.1. The van der Waals surface area contributed by atoms with Crippen molar-refractivity contribution in [1.29, 1.82) is 0 Å². The fourth-order valence-electron chi connectivity index (χ4n) is 2.36. The maximum Gasteiger partial charge on any atom is 0.344 e. The van der Waals surface area contributed by atoms with Crippen LogP contribution in [0.2, 0.25) is 5.02 Å². The highest BCUT2D eigenvalue weighted by Crippen LogP contribution is 2.23. The average Bonchev–Trinajstić information content (AvgIpc) is 2.64. The van der Waals surface area contributed by atoms with E-state index in [0.29, 0.717) is 27.6 Å². The van der Waals surface area contributed by atoms with Crippen LogP contribution in [0.1, 0.15) is 37.6 Å². The van der Waals surface area contributed by atoms with E-state index in [4.69, 9.17) is 21.1 Å². The summed E-state index contributed by atoms with van der Waals surface area (Å²) in [5.74, 6) is 5.70. The Balaban J connectivity index is 2.35. The van der Waals surface area contributed by atoms with E-state index in [2.05, 4.69) is 16.8 Å². The molecule has 7 nitrogen and oxygen atoms in total. The second kappa shape index (κ2) is 9.69. The van der Waals surface area contributed by atoms with Gasteiger partial charge in [-0.3, -0.25) is 4.98 Å². The number of nitrogens with zero attached hydrogens (tertiary/aromatic N) is 2. The van der Waals surface area contributed by atoms with Gasteiger partial charge in [0.25, 0.3) is 0 Å². The minimum Gasteiger partial charge on any atom is -0.481 e. The molecule has 1 heterocycles. The number of hydrogen-bond acceptors (Lipinski definition) is 6. The smallest absolute Gasteiger partial charge is 0.344 e. The lowest BCUT2D eigenvalue weighted by molar-refractivity contribution is -0.157. The van der Waals surface area contributed by atoms with E-state index in [1.165, 1.54) is 26.4 Å². The number of ether oxygens (including phenoxy) is 2. The molecular weight excluding hydrogens is 440 g/mol. The van der Waals surface area contributed by atoms with Crippen LogP contribution in [0.15, 0.2) is 35.4 Å². The van der Waals surface area contributed by atoms with Crippen molar-refractivity contribution in [2.75, 3.05) is 20.7 Å². The van der Waals surface area contributed by atoms with Gasteiger partial charge in [-0.25, -0.2) is 17.5 Å². The number of benzene rings is 1. The van der Waals surface area contributed by atoms with Crippen LogP contribution in [0.25, 0.3) is 0 Å². The van der Waals surface area contributed by atoms with Gasteiger partial charge >= 0.3 is 5.97 Å². The first-order valence-corrected chi connectivity index (χ1v) is 11.2. The number of halogens is 1. The number of aryl methyl sites for hydroxylation is 1. The molecule has 0 amide bonds. The van der Waals surface area contributed by atoms with Crippen LogP contribution in [0.4, 0.5) is 0 Å². The quantitative estimate of drug-likeness (QED) is 0.498. The summed E-state index contributed by atoms with van der Waals surface area (Å²) in [5, 5.41) is 0.438. The van der Waals surface area contributed by atoms with Crippen molar-refractivity contribution < 1.29 is 22.7 Å². The Morgan fingerprint density at radius 3 is 2.42 bits per heavy atom. The number of esters is 1. The molecule has 0 unspecified atom stereocenters. The molecule has 0 fully saturated rings. The molecule has 1 aromatic heterocycles. The van der Waals surface area contributed by atoms with Crippen molar-refractivity contribution in [3.05, 3.63) is 52.3 Å². The number of carbonyl (C=O) groups is 1. The van der Waals surface area contributed by atoms with E-state index in [1.54, 1.807) is 45.9 Å². The van der Waals surface area contributed by atoms with Gasteiger partial charge in [-0.05, 0) is 52.0 Å². The molecule has 1 aromatic carbocycles. The lowest BCUT2D eigenvalue weighted by Gasteiger charge is -2.19. The van der Waals surface area contributed by atoms with Crippen molar-refractivity contribution in [1.82, 2.24) is 9.29 Å². The minimum atomic E-state index is -3.64. The average molecular weight is 465 g/mol. The summed E-state index contributed by atoms with van der Waals surface area (Å²) in [6.07, 6.45) is 1.30. The summed E-state index contributed by atoms with van der Waals surface area (Å²) in [5.41, 5.74) is 0.840. The highest BCUT2D eigenvalue weighted by Gasteiger charge is 2.19.